The number of benzene rings is 1. The molecule has 1 saturated carbocycles. The van der Waals surface area contributed by atoms with Gasteiger partial charge in [0.15, 0.2) is 0 Å². The first-order chi connectivity index (χ1) is 23.5. The highest BCUT2D eigenvalue weighted by Crippen LogP contribution is 2.30. The number of fused-ring (bicyclic) bond motifs is 1. The van der Waals surface area contributed by atoms with Crippen LogP contribution in [0, 0.1) is 5.92 Å². The van der Waals surface area contributed by atoms with Gasteiger partial charge in [0.1, 0.15) is 18.6 Å². The molecular formula is C38H62N6O5. The largest absolute Gasteiger partial charge is 0.329 e. The topological polar surface area (TPSA) is 126 Å². The van der Waals surface area contributed by atoms with Crippen molar-refractivity contribution in [3.8, 4) is 0 Å². The number of unbranched alkanes of at least 4 members (excludes halogenated alkanes) is 3. The number of nitrogens with one attached hydrogen (secondary N) is 2. The predicted octanol–water partition coefficient (Wildman–Crippen LogP) is 4.40. The lowest BCUT2D eigenvalue weighted by Gasteiger charge is -2.52. The molecule has 3 saturated heterocycles. The molecule has 1 aliphatic carbocycles. The van der Waals surface area contributed by atoms with Crippen LogP contribution in [0.15, 0.2) is 23.0 Å². The van der Waals surface area contributed by atoms with E-state index in [0.717, 1.165) is 66.8 Å². The molecule has 0 radical (unpaired) electrons. The molecule has 11 heteroatoms. The summed E-state index contributed by atoms with van der Waals surface area (Å²) < 4.78 is 3.09. The Balaban J connectivity index is 0.000000228. The molecule has 3 unspecified atom stereocenters. The molecule has 1 aromatic carbocycles. The van der Waals surface area contributed by atoms with Gasteiger partial charge in [-0.15, -0.1) is 0 Å². The average molecular weight is 683 g/mol. The van der Waals surface area contributed by atoms with E-state index in [9.17, 15) is 24.0 Å². The van der Waals surface area contributed by atoms with E-state index in [1.807, 2.05) is 25.1 Å². The second-order valence-electron chi connectivity index (χ2n) is 14.4. The van der Waals surface area contributed by atoms with Crippen molar-refractivity contribution in [3.63, 3.8) is 0 Å². The van der Waals surface area contributed by atoms with Crippen LogP contribution in [0.4, 0.5) is 0 Å². The van der Waals surface area contributed by atoms with E-state index in [0.29, 0.717) is 24.8 Å². The lowest BCUT2D eigenvalue weighted by Crippen LogP contribution is -2.69. The predicted molar refractivity (Wildman–Crippen MR) is 196 cm³/mol. The monoisotopic (exact) mass is 682 g/mol. The van der Waals surface area contributed by atoms with E-state index >= 15 is 0 Å². The minimum Gasteiger partial charge on any atom is -0.313 e. The van der Waals surface area contributed by atoms with Crippen LogP contribution in [0.5, 0.6) is 0 Å². The number of imide groups is 1. The molecule has 3 atom stereocenters. The van der Waals surface area contributed by atoms with Crippen molar-refractivity contribution < 1.29 is 19.2 Å². The number of imidazole rings is 1. The van der Waals surface area contributed by atoms with Gasteiger partial charge in [0, 0.05) is 51.0 Å². The lowest BCUT2D eigenvalue weighted by molar-refractivity contribution is -0.135. The van der Waals surface area contributed by atoms with Crippen molar-refractivity contribution in [2.75, 3.05) is 40.8 Å². The fourth-order valence-electron chi connectivity index (χ4n) is 7.66. The number of piperidine rings is 2. The molecule has 4 fully saturated rings. The lowest BCUT2D eigenvalue weighted by atomic mass is 9.82. The zero-order chi connectivity index (χ0) is 36.0. The van der Waals surface area contributed by atoms with Gasteiger partial charge in [-0.1, -0.05) is 45.2 Å². The third-order valence-corrected chi connectivity index (χ3v) is 10.7. The number of carbonyl (C=O) groups excluding carboxylic acids is 4. The van der Waals surface area contributed by atoms with Crippen LogP contribution in [0.1, 0.15) is 109 Å². The van der Waals surface area contributed by atoms with Crippen LogP contribution in [0.25, 0.3) is 11.0 Å². The minimum atomic E-state index is -0.660. The smallest absolute Gasteiger partial charge is 0.313 e. The van der Waals surface area contributed by atoms with Gasteiger partial charge in [0.05, 0.1) is 11.0 Å². The molecule has 0 bridgehead atoms. The number of aldehydes is 2. The van der Waals surface area contributed by atoms with Crippen molar-refractivity contribution in [1.82, 2.24) is 29.6 Å². The van der Waals surface area contributed by atoms with Gasteiger partial charge in [0.2, 0.25) is 11.8 Å². The van der Waals surface area contributed by atoms with Crippen molar-refractivity contribution in [3.05, 3.63) is 34.2 Å². The third kappa shape index (κ3) is 10.7. The van der Waals surface area contributed by atoms with Gasteiger partial charge < -0.3 is 19.8 Å². The van der Waals surface area contributed by atoms with Crippen LogP contribution < -0.4 is 16.3 Å². The van der Waals surface area contributed by atoms with Crippen LogP contribution in [0.2, 0.25) is 0 Å². The summed E-state index contributed by atoms with van der Waals surface area (Å²) in [5.41, 5.74) is 2.94. The number of likely N-dealkylation sites (N-methyl/N-ethyl adjacent to an activating group) is 1. The quantitative estimate of drug-likeness (QED) is 0.227. The van der Waals surface area contributed by atoms with E-state index in [4.69, 9.17) is 0 Å². The number of aryl methyl sites for hydroxylation is 2. The molecule has 2 N–H and O–H groups in total. The van der Waals surface area contributed by atoms with Gasteiger partial charge in [-0.3, -0.25) is 28.9 Å². The fraction of sp³-hybridized carbons (Fsp3) is 0.711. The van der Waals surface area contributed by atoms with Crippen molar-refractivity contribution in [1.29, 1.82) is 0 Å². The van der Waals surface area contributed by atoms with Gasteiger partial charge >= 0.3 is 5.69 Å². The molecule has 3 aliphatic heterocycles. The van der Waals surface area contributed by atoms with E-state index < -0.39 is 11.9 Å². The Hall–Kier alpha value is -3.15. The molecular weight excluding hydrogens is 620 g/mol. The van der Waals surface area contributed by atoms with E-state index in [-0.39, 0.29) is 18.0 Å². The summed E-state index contributed by atoms with van der Waals surface area (Å²) in [6.07, 6.45) is 15.7. The maximum Gasteiger partial charge on any atom is 0.329 e. The van der Waals surface area contributed by atoms with Crippen molar-refractivity contribution in [2.24, 2.45) is 13.0 Å². The Morgan fingerprint density at radius 2 is 1.69 bits per heavy atom. The summed E-state index contributed by atoms with van der Waals surface area (Å²) in [5, 5.41) is 5.68. The van der Waals surface area contributed by atoms with Gasteiger partial charge in [-0.2, -0.15) is 0 Å². The summed E-state index contributed by atoms with van der Waals surface area (Å²) in [4.78, 5) is 60.9. The molecule has 274 valence electrons. The summed E-state index contributed by atoms with van der Waals surface area (Å²) in [6, 6.07) is 5.94. The fourth-order valence-corrected chi connectivity index (χ4v) is 7.66. The van der Waals surface area contributed by atoms with Crippen molar-refractivity contribution in [2.45, 2.75) is 121 Å². The van der Waals surface area contributed by atoms with Crippen LogP contribution in [-0.4, -0.2) is 95.7 Å². The molecule has 11 nitrogen and oxygen atoms in total. The Morgan fingerprint density at radius 1 is 0.959 bits per heavy atom. The van der Waals surface area contributed by atoms with Crippen LogP contribution >= 0.6 is 0 Å². The Bertz CT molecular complexity index is 1430. The molecule has 49 heavy (non-hydrogen) atoms. The number of amides is 2. The molecule has 2 aromatic rings. The summed E-state index contributed by atoms with van der Waals surface area (Å²) >= 11 is 0. The summed E-state index contributed by atoms with van der Waals surface area (Å²) in [5.74, 6) is 0.214. The minimum absolute atomic E-state index is 0.232. The van der Waals surface area contributed by atoms with Crippen LogP contribution in [-0.2, 0) is 32.6 Å². The molecule has 1 aromatic heterocycles. The zero-order valence-corrected chi connectivity index (χ0v) is 31.0. The second kappa shape index (κ2) is 19.9. The number of hydrogen-bond acceptors (Lipinski definition) is 8. The van der Waals surface area contributed by atoms with E-state index in [2.05, 4.69) is 48.5 Å². The molecule has 4 aliphatic rings. The standard InChI is InChI=1S/C19H23N3O4.C8H16N2.C8H17N.C3H6O/c1-21-17-13(7-4-2-3-5-12-23)8-6-9-14(17)22(19(21)26)15-10-11-16(24)20-18(15)25;1-10-5-3-2-4-8(10)6-9-7-8;1-7-5-4-6-8(7)9(2)3;1-2-3-4/h6,8-9,12,15H,2-5,7,10-11H2,1H3,(H,20,24,25);9H,2-7H2,1H3;7-8H,4-6H2,1-3H3;3H,2H2,1H3. The maximum atomic E-state index is 12.8. The van der Waals surface area contributed by atoms with Gasteiger partial charge in [0.25, 0.3) is 0 Å². The average Bonchev–Trinajstić information content (AvgIpc) is 3.62. The number of para-hydroxylation sites is 1. The third-order valence-electron chi connectivity index (χ3n) is 10.7. The molecule has 4 heterocycles. The zero-order valence-electron chi connectivity index (χ0n) is 31.0. The number of carbonyl (C=O) groups is 4. The van der Waals surface area contributed by atoms with Crippen LogP contribution in [0.3, 0.4) is 0 Å². The number of rotatable bonds is 9. The number of hydrogen-bond donors (Lipinski definition) is 2. The normalized spacial score (nSPS) is 23.0. The number of likely N-dealkylation sites (tertiary alicyclic amines) is 1. The first kappa shape index (κ1) is 40.3. The Morgan fingerprint density at radius 3 is 2.20 bits per heavy atom. The van der Waals surface area contributed by atoms with E-state index in [1.165, 1.54) is 62.7 Å². The Kier molecular flexibility index (Phi) is 16.3. The first-order valence-electron chi connectivity index (χ1n) is 18.5. The molecule has 1 spiro atoms. The highest BCUT2D eigenvalue weighted by molar-refractivity contribution is 6.00. The van der Waals surface area contributed by atoms with Crippen molar-refractivity contribution >= 4 is 35.4 Å². The highest BCUT2D eigenvalue weighted by atomic mass is 16.2. The molecule has 6 rings (SSSR count). The number of nitrogens with zero attached hydrogens (tertiary/aromatic N) is 4. The van der Waals surface area contributed by atoms with Gasteiger partial charge in [-0.05, 0) is 96.6 Å². The molecule has 2 amide bonds. The Labute approximate surface area is 293 Å². The summed E-state index contributed by atoms with van der Waals surface area (Å²) in [6.45, 7) is 7.93. The SMILES string of the molecule is CC1CCCC1N(C)C.CCC=O.CN1CCCCC12CNC2.Cn1c(=O)n(C2CCC(=O)NC2=O)c2cccc(CCCCCC=O)c21. The van der Waals surface area contributed by atoms with E-state index in [1.54, 1.807) is 11.6 Å². The number of aromatic nitrogens is 2. The highest BCUT2D eigenvalue weighted by Gasteiger charge is 2.41. The first-order valence-corrected chi connectivity index (χ1v) is 18.5. The summed E-state index contributed by atoms with van der Waals surface area (Å²) in [7, 11) is 8.35. The maximum absolute atomic E-state index is 12.8. The van der Waals surface area contributed by atoms with Gasteiger partial charge in [-0.25, -0.2) is 4.79 Å². The second-order valence-corrected chi connectivity index (χ2v) is 14.4.